The van der Waals surface area contributed by atoms with E-state index in [2.05, 4.69) is 6.08 Å². The predicted octanol–water partition coefficient (Wildman–Crippen LogP) is 1.72. The maximum absolute atomic E-state index is 11.5. The van der Waals surface area contributed by atoms with Crippen LogP contribution in [-0.4, -0.2) is 18.4 Å². The van der Waals surface area contributed by atoms with Crippen molar-refractivity contribution in [1.82, 2.24) is 0 Å². The number of hydrogen-bond acceptors (Lipinski definition) is 3. The Morgan fingerprint density at radius 2 is 2.21 bits per heavy atom. The molecular weight excluding hydrogens is 180 g/mol. The van der Waals surface area contributed by atoms with Crippen molar-refractivity contribution in [2.24, 2.45) is 11.8 Å². The molecule has 0 radical (unpaired) electrons. The fourth-order valence-electron chi connectivity index (χ4n) is 1.60. The monoisotopic (exact) mass is 196 g/mol. The van der Waals surface area contributed by atoms with E-state index >= 15 is 0 Å². The van der Waals surface area contributed by atoms with E-state index in [1.165, 1.54) is 6.92 Å². The summed E-state index contributed by atoms with van der Waals surface area (Å²) in [7, 11) is 0. The lowest BCUT2D eigenvalue weighted by Gasteiger charge is -2.22. The van der Waals surface area contributed by atoms with Crippen LogP contribution in [0.1, 0.15) is 26.7 Å². The zero-order chi connectivity index (χ0) is 10.6. The quantitative estimate of drug-likeness (QED) is 0.510. The molecule has 0 aromatic rings. The molecule has 1 rings (SSSR count). The summed E-state index contributed by atoms with van der Waals surface area (Å²) in [6.45, 7) is 3.32. The van der Waals surface area contributed by atoms with Crippen LogP contribution in [-0.2, 0) is 14.3 Å². The first kappa shape index (κ1) is 11.0. The van der Waals surface area contributed by atoms with Crippen LogP contribution in [0.5, 0.6) is 0 Å². The minimum atomic E-state index is -0.239. The summed E-state index contributed by atoms with van der Waals surface area (Å²) < 4.78 is 4.89. The molecule has 3 nitrogen and oxygen atoms in total. The molecule has 0 aromatic heterocycles. The molecule has 3 heteroatoms. The van der Waals surface area contributed by atoms with Crippen molar-refractivity contribution < 1.29 is 14.3 Å². The van der Waals surface area contributed by atoms with Crippen molar-refractivity contribution in [3.05, 3.63) is 12.2 Å². The topological polar surface area (TPSA) is 43.4 Å². The lowest BCUT2D eigenvalue weighted by molar-refractivity contribution is -0.153. The highest BCUT2D eigenvalue weighted by Gasteiger charge is 2.26. The van der Waals surface area contributed by atoms with Gasteiger partial charge in [-0.1, -0.05) is 19.1 Å². The van der Waals surface area contributed by atoms with Gasteiger partial charge in [0.25, 0.3) is 0 Å². The second-order valence-corrected chi connectivity index (χ2v) is 3.78. The van der Waals surface area contributed by atoms with Gasteiger partial charge in [0, 0.05) is 0 Å². The highest BCUT2D eigenvalue weighted by molar-refractivity contribution is 5.81. The van der Waals surface area contributed by atoms with Gasteiger partial charge in [0.1, 0.15) is 6.61 Å². The molecule has 14 heavy (non-hydrogen) atoms. The Balaban J connectivity index is 2.43. The standard InChI is InChI=1S/C11H16O3/c1-8-5-3-4-6-10(8)11(13)14-7-9(2)12/h3,5,8,10H,4,6-7H2,1-2H3/t8-,10+/m0/s1. The van der Waals surface area contributed by atoms with Gasteiger partial charge in [0.15, 0.2) is 5.78 Å². The summed E-state index contributed by atoms with van der Waals surface area (Å²) >= 11 is 0. The average molecular weight is 196 g/mol. The molecule has 0 saturated heterocycles. The Morgan fingerprint density at radius 1 is 1.50 bits per heavy atom. The van der Waals surface area contributed by atoms with Crippen molar-refractivity contribution >= 4 is 11.8 Å². The Labute approximate surface area is 84.1 Å². The van der Waals surface area contributed by atoms with Crippen LogP contribution >= 0.6 is 0 Å². The Kier molecular flexibility index (Phi) is 3.86. The number of ketones is 1. The molecule has 0 unspecified atom stereocenters. The summed E-state index contributed by atoms with van der Waals surface area (Å²) in [5.41, 5.74) is 0. The van der Waals surface area contributed by atoms with Gasteiger partial charge in [-0.15, -0.1) is 0 Å². The highest BCUT2D eigenvalue weighted by atomic mass is 16.5. The van der Waals surface area contributed by atoms with Crippen LogP contribution in [0.25, 0.3) is 0 Å². The van der Waals surface area contributed by atoms with Crippen molar-refractivity contribution in [2.45, 2.75) is 26.7 Å². The van der Waals surface area contributed by atoms with Crippen molar-refractivity contribution in [3.8, 4) is 0 Å². The van der Waals surface area contributed by atoms with Crippen LogP contribution in [0.3, 0.4) is 0 Å². The zero-order valence-electron chi connectivity index (χ0n) is 8.66. The summed E-state index contributed by atoms with van der Waals surface area (Å²) in [5.74, 6) is -0.197. The third-order valence-electron chi connectivity index (χ3n) is 2.44. The van der Waals surface area contributed by atoms with Crippen molar-refractivity contribution in [2.75, 3.05) is 6.61 Å². The van der Waals surface area contributed by atoms with E-state index in [0.717, 1.165) is 12.8 Å². The molecule has 0 N–H and O–H groups in total. The lowest BCUT2D eigenvalue weighted by atomic mass is 9.85. The summed E-state index contributed by atoms with van der Waals surface area (Å²) in [6.07, 6.45) is 5.86. The molecule has 0 fully saturated rings. The molecule has 78 valence electrons. The number of Topliss-reactive ketones (excluding diaryl/α,β-unsaturated/α-hetero) is 1. The van der Waals surface area contributed by atoms with Gasteiger partial charge in [-0.05, 0) is 25.7 Å². The van der Waals surface area contributed by atoms with Gasteiger partial charge < -0.3 is 4.74 Å². The van der Waals surface area contributed by atoms with Gasteiger partial charge in [-0.2, -0.15) is 0 Å². The molecule has 0 aromatic carbocycles. The zero-order valence-corrected chi connectivity index (χ0v) is 8.66. The average Bonchev–Trinajstić information content (AvgIpc) is 2.15. The number of ether oxygens (including phenoxy) is 1. The van der Waals surface area contributed by atoms with E-state index in [0.29, 0.717) is 0 Å². The van der Waals surface area contributed by atoms with E-state index in [1.807, 2.05) is 13.0 Å². The normalized spacial score (nSPS) is 25.9. The second-order valence-electron chi connectivity index (χ2n) is 3.78. The van der Waals surface area contributed by atoms with Crippen LogP contribution in [0, 0.1) is 11.8 Å². The van der Waals surface area contributed by atoms with Gasteiger partial charge in [0.2, 0.25) is 0 Å². The van der Waals surface area contributed by atoms with E-state index in [1.54, 1.807) is 0 Å². The highest BCUT2D eigenvalue weighted by Crippen LogP contribution is 2.25. The van der Waals surface area contributed by atoms with Crippen LogP contribution < -0.4 is 0 Å². The van der Waals surface area contributed by atoms with E-state index in [-0.39, 0.29) is 30.2 Å². The number of carbonyl (C=O) groups is 2. The lowest BCUT2D eigenvalue weighted by Crippen LogP contribution is -2.26. The van der Waals surface area contributed by atoms with Crippen LogP contribution in [0.15, 0.2) is 12.2 Å². The van der Waals surface area contributed by atoms with Gasteiger partial charge in [-0.25, -0.2) is 0 Å². The predicted molar refractivity (Wildman–Crippen MR) is 52.7 cm³/mol. The number of rotatable bonds is 3. The van der Waals surface area contributed by atoms with Gasteiger partial charge in [-0.3, -0.25) is 9.59 Å². The third-order valence-corrected chi connectivity index (χ3v) is 2.44. The fraction of sp³-hybridized carbons (Fsp3) is 0.636. The second kappa shape index (κ2) is 4.94. The van der Waals surface area contributed by atoms with Crippen molar-refractivity contribution in [1.29, 1.82) is 0 Å². The van der Waals surface area contributed by atoms with Crippen LogP contribution in [0.4, 0.5) is 0 Å². The molecule has 0 saturated carbocycles. The summed E-state index contributed by atoms with van der Waals surface area (Å²) in [4.78, 5) is 22.1. The van der Waals surface area contributed by atoms with E-state index in [4.69, 9.17) is 4.74 Å². The first-order valence-electron chi connectivity index (χ1n) is 4.94. The Hall–Kier alpha value is -1.12. The Morgan fingerprint density at radius 3 is 2.79 bits per heavy atom. The van der Waals surface area contributed by atoms with E-state index in [9.17, 15) is 9.59 Å². The molecule has 2 atom stereocenters. The first-order chi connectivity index (χ1) is 6.61. The van der Waals surface area contributed by atoms with Crippen molar-refractivity contribution in [3.63, 3.8) is 0 Å². The Bertz CT molecular complexity index is 255. The maximum Gasteiger partial charge on any atom is 0.309 e. The number of hydrogen-bond donors (Lipinski definition) is 0. The van der Waals surface area contributed by atoms with Gasteiger partial charge >= 0.3 is 5.97 Å². The van der Waals surface area contributed by atoms with Gasteiger partial charge in [0.05, 0.1) is 5.92 Å². The molecular formula is C11H16O3. The number of allylic oxidation sites excluding steroid dienone is 2. The fourth-order valence-corrected chi connectivity index (χ4v) is 1.60. The summed E-state index contributed by atoms with van der Waals surface area (Å²) in [5, 5.41) is 0. The molecule has 1 aliphatic rings. The number of carbonyl (C=O) groups excluding carboxylic acids is 2. The third kappa shape index (κ3) is 2.98. The first-order valence-corrected chi connectivity index (χ1v) is 4.94. The smallest absolute Gasteiger partial charge is 0.309 e. The minimum absolute atomic E-state index is 0.0700. The molecule has 0 bridgehead atoms. The molecule has 0 spiro atoms. The summed E-state index contributed by atoms with van der Waals surface area (Å²) in [6, 6.07) is 0. The molecule has 0 amide bonds. The minimum Gasteiger partial charge on any atom is -0.457 e. The van der Waals surface area contributed by atoms with E-state index < -0.39 is 0 Å². The number of esters is 1. The largest absolute Gasteiger partial charge is 0.457 e. The molecule has 0 heterocycles. The SMILES string of the molecule is CC(=O)COC(=O)[C@@H]1CCC=C[C@@H]1C. The maximum atomic E-state index is 11.5. The molecule has 1 aliphatic carbocycles. The van der Waals surface area contributed by atoms with Crippen LogP contribution in [0.2, 0.25) is 0 Å². The molecule has 0 aliphatic heterocycles.